The highest BCUT2D eigenvalue weighted by Crippen LogP contribution is 2.24. The molecule has 8 heteroatoms. The van der Waals surface area contributed by atoms with Gasteiger partial charge in [0.15, 0.2) is 6.61 Å². The van der Waals surface area contributed by atoms with E-state index in [0.29, 0.717) is 13.0 Å². The predicted molar refractivity (Wildman–Crippen MR) is 88.0 cm³/mol. The summed E-state index contributed by atoms with van der Waals surface area (Å²) in [5.74, 6) is -0.777. The summed E-state index contributed by atoms with van der Waals surface area (Å²) in [6.07, 6.45) is -2.70. The fraction of sp³-hybridized carbons (Fsp3) is 0.294. The number of nitrogens with one attached hydrogen (secondary N) is 1. The average Bonchev–Trinajstić information content (AvgIpc) is 2.54. The van der Waals surface area contributed by atoms with Gasteiger partial charge in [0.2, 0.25) is 5.88 Å². The maximum absolute atomic E-state index is 12.1. The van der Waals surface area contributed by atoms with Crippen molar-refractivity contribution in [1.29, 1.82) is 0 Å². The number of nitrogens with zero attached hydrogens (tertiary/aromatic N) is 1. The number of hydrogen-bond donors (Lipinski definition) is 1. The number of hydrogen-bond acceptors (Lipinski definition) is 3. The Morgan fingerprint density at radius 2 is 2.04 bits per heavy atom. The van der Waals surface area contributed by atoms with Crippen LogP contribution in [0.3, 0.4) is 0 Å². The zero-order valence-corrected chi connectivity index (χ0v) is 14.1. The van der Waals surface area contributed by atoms with Crippen molar-refractivity contribution in [2.75, 3.05) is 13.2 Å². The quantitative estimate of drug-likeness (QED) is 0.835. The Labute approximate surface area is 148 Å². The van der Waals surface area contributed by atoms with Gasteiger partial charge in [-0.2, -0.15) is 13.2 Å². The number of carbonyl (C=O) groups is 1. The van der Waals surface area contributed by atoms with E-state index in [1.807, 2.05) is 31.2 Å². The van der Waals surface area contributed by atoms with E-state index in [1.165, 1.54) is 6.07 Å². The second-order valence-electron chi connectivity index (χ2n) is 5.35. The summed E-state index contributed by atoms with van der Waals surface area (Å²) in [5, 5.41) is 2.56. The lowest BCUT2D eigenvalue weighted by Crippen LogP contribution is -2.26. The number of alkyl halides is 3. The number of ether oxygens (including phenoxy) is 1. The largest absolute Gasteiger partial charge is 0.467 e. The molecule has 0 aliphatic carbocycles. The minimum Gasteiger partial charge on any atom is -0.467 e. The van der Waals surface area contributed by atoms with Gasteiger partial charge >= 0.3 is 6.18 Å². The standard InChI is InChI=1S/C17H16ClF3N2O2/c1-11-4-2-3-5-12(11)6-7-22-15(24)13-8-14(18)16(23-9-13)25-10-17(19,20)21/h2-5,8-9H,6-7,10H2,1H3,(H,22,24). The van der Waals surface area contributed by atoms with E-state index in [9.17, 15) is 18.0 Å². The fourth-order valence-electron chi connectivity index (χ4n) is 2.11. The molecule has 0 bridgehead atoms. The first-order chi connectivity index (χ1) is 11.8. The number of benzene rings is 1. The topological polar surface area (TPSA) is 51.2 Å². The minimum atomic E-state index is -4.49. The van der Waals surface area contributed by atoms with Crippen LogP contribution in [0.2, 0.25) is 5.02 Å². The van der Waals surface area contributed by atoms with Crippen molar-refractivity contribution < 1.29 is 22.7 Å². The van der Waals surface area contributed by atoms with Crippen LogP contribution in [-0.2, 0) is 6.42 Å². The molecule has 1 N–H and O–H groups in total. The van der Waals surface area contributed by atoms with Crippen LogP contribution in [-0.4, -0.2) is 30.2 Å². The minimum absolute atomic E-state index is 0.147. The van der Waals surface area contributed by atoms with Crippen LogP contribution in [0.5, 0.6) is 5.88 Å². The van der Waals surface area contributed by atoms with Gasteiger partial charge in [0.1, 0.15) is 5.02 Å². The van der Waals surface area contributed by atoms with Gasteiger partial charge in [-0.3, -0.25) is 4.79 Å². The van der Waals surface area contributed by atoms with Crippen molar-refractivity contribution in [2.24, 2.45) is 0 Å². The second kappa shape index (κ2) is 8.20. The molecule has 2 rings (SSSR count). The Kier molecular flexibility index (Phi) is 6.25. The maximum Gasteiger partial charge on any atom is 0.422 e. The van der Waals surface area contributed by atoms with Gasteiger partial charge < -0.3 is 10.1 Å². The predicted octanol–water partition coefficient (Wildman–Crippen LogP) is 3.96. The molecule has 0 spiro atoms. The summed E-state index contributed by atoms with van der Waals surface area (Å²) in [5.41, 5.74) is 2.40. The molecule has 0 saturated carbocycles. The molecule has 25 heavy (non-hydrogen) atoms. The third-order valence-corrected chi connectivity index (χ3v) is 3.65. The van der Waals surface area contributed by atoms with Crippen molar-refractivity contribution in [2.45, 2.75) is 19.5 Å². The lowest BCUT2D eigenvalue weighted by Gasteiger charge is -2.11. The Morgan fingerprint density at radius 3 is 2.68 bits per heavy atom. The number of amides is 1. The molecule has 4 nitrogen and oxygen atoms in total. The van der Waals surface area contributed by atoms with Gasteiger partial charge in [0.05, 0.1) is 5.56 Å². The highest BCUT2D eigenvalue weighted by molar-refractivity contribution is 6.32. The first-order valence-electron chi connectivity index (χ1n) is 7.44. The van der Waals surface area contributed by atoms with E-state index < -0.39 is 18.7 Å². The van der Waals surface area contributed by atoms with E-state index in [-0.39, 0.29) is 16.5 Å². The maximum atomic E-state index is 12.1. The second-order valence-corrected chi connectivity index (χ2v) is 5.75. The lowest BCUT2D eigenvalue weighted by atomic mass is 10.1. The highest BCUT2D eigenvalue weighted by atomic mass is 35.5. The van der Waals surface area contributed by atoms with Crippen molar-refractivity contribution in [1.82, 2.24) is 10.3 Å². The van der Waals surface area contributed by atoms with Crippen LogP contribution in [0.1, 0.15) is 21.5 Å². The lowest BCUT2D eigenvalue weighted by molar-refractivity contribution is -0.154. The smallest absolute Gasteiger partial charge is 0.422 e. The highest BCUT2D eigenvalue weighted by Gasteiger charge is 2.29. The summed E-state index contributed by atoms with van der Waals surface area (Å²) in [6, 6.07) is 9.05. The van der Waals surface area contributed by atoms with E-state index in [0.717, 1.165) is 17.3 Å². The summed E-state index contributed by atoms with van der Waals surface area (Å²) in [4.78, 5) is 15.7. The van der Waals surface area contributed by atoms with E-state index >= 15 is 0 Å². The molecular weight excluding hydrogens is 357 g/mol. The normalized spacial score (nSPS) is 11.2. The van der Waals surface area contributed by atoms with E-state index in [1.54, 1.807) is 0 Å². The molecule has 1 amide bonds. The van der Waals surface area contributed by atoms with E-state index in [2.05, 4.69) is 15.0 Å². The molecule has 1 heterocycles. The molecule has 0 aliphatic heterocycles. The van der Waals surface area contributed by atoms with Crippen LogP contribution in [0.4, 0.5) is 13.2 Å². The zero-order valence-electron chi connectivity index (χ0n) is 13.4. The molecule has 0 saturated heterocycles. The van der Waals surface area contributed by atoms with Crippen LogP contribution in [0.25, 0.3) is 0 Å². The first-order valence-corrected chi connectivity index (χ1v) is 7.82. The third kappa shape index (κ3) is 5.94. The van der Waals surface area contributed by atoms with Gasteiger partial charge in [0, 0.05) is 12.7 Å². The Balaban J connectivity index is 1.91. The summed E-state index contributed by atoms with van der Waals surface area (Å²) >= 11 is 5.82. The summed E-state index contributed by atoms with van der Waals surface area (Å²) in [6.45, 7) is 0.899. The zero-order chi connectivity index (χ0) is 18.4. The van der Waals surface area contributed by atoms with Crippen molar-refractivity contribution >= 4 is 17.5 Å². The molecule has 1 aromatic heterocycles. The number of pyridine rings is 1. The Morgan fingerprint density at radius 1 is 1.32 bits per heavy atom. The molecule has 0 radical (unpaired) electrons. The molecule has 134 valence electrons. The van der Waals surface area contributed by atoms with E-state index in [4.69, 9.17) is 11.6 Å². The first kappa shape index (κ1) is 19.1. The molecule has 1 aromatic carbocycles. The number of halogens is 4. The van der Waals surface area contributed by atoms with Crippen LogP contribution in [0.15, 0.2) is 36.5 Å². The number of carbonyl (C=O) groups excluding carboxylic acids is 1. The van der Waals surface area contributed by atoms with Gasteiger partial charge in [-0.15, -0.1) is 0 Å². The molecule has 0 fully saturated rings. The van der Waals surface area contributed by atoms with Crippen molar-refractivity contribution in [3.63, 3.8) is 0 Å². The molecular formula is C17H16ClF3N2O2. The fourth-order valence-corrected chi connectivity index (χ4v) is 2.33. The third-order valence-electron chi connectivity index (χ3n) is 3.38. The van der Waals surface area contributed by atoms with Gasteiger partial charge in [-0.05, 0) is 30.5 Å². The molecule has 0 unspecified atom stereocenters. The summed E-state index contributed by atoms with van der Waals surface area (Å²) in [7, 11) is 0. The van der Waals surface area contributed by atoms with Crippen LogP contribution < -0.4 is 10.1 Å². The Hall–Kier alpha value is -2.28. The van der Waals surface area contributed by atoms with Gasteiger partial charge in [0.25, 0.3) is 5.91 Å². The number of aromatic nitrogens is 1. The number of rotatable bonds is 6. The monoisotopic (exact) mass is 372 g/mol. The Bertz CT molecular complexity index is 751. The molecule has 0 atom stereocenters. The number of aryl methyl sites for hydroxylation is 1. The van der Waals surface area contributed by atoms with Gasteiger partial charge in [-0.25, -0.2) is 4.98 Å². The van der Waals surface area contributed by atoms with Gasteiger partial charge in [-0.1, -0.05) is 35.9 Å². The summed E-state index contributed by atoms with van der Waals surface area (Å²) < 4.78 is 40.9. The van der Waals surface area contributed by atoms with Crippen LogP contribution >= 0.6 is 11.6 Å². The molecule has 2 aromatic rings. The SMILES string of the molecule is Cc1ccccc1CCNC(=O)c1cnc(OCC(F)(F)F)c(Cl)c1. The molecule has 0 aliphatic rings. The van der Waals surface area contributed by atoms with Crippen molar-refractivity contribution in [3.05, 3.63) is 58.2 Å². The van der Waals surface area contributed by atoms with Crippen LogP contribution in [0, 0.1) is 6.92 Å². The van der Waals surface area contributed by atoms with Crippen molar-refractivity contribution in [3.8, 4) is 5.88 Å². The average molecular weight is 373 g/mol.